The summed E-state index contributed by atoms with van der Waals surface area (Å²) in [6.45, 7) is 0.650. The first-order chi connectivity index (χ1) is 13.7. The highest BCUT2D eigenvalue weighted by molar-refractivity contribution is 6.31. The maximum atomic E-state index is 13.4. The van der Waals surface area contributed by atoms with Crippen LogP contribution in [0.5, 0.6) is 0 Å². The third kappa shape index (κ3) is 3.86. The van der Waals surface area contributed by atoms with Crippen LogP contribution in [-0.2, 0) is 6.42 Å². The van der Waals surface area contributed by atoms with Crippen molar-refractivity contribution in [3.8, 4) is 0 Å². The van der Waals surface area contributed by atoms with E-state index in [2.05, 4.69) is 10.3 Å². The van der Waals surface area contributed by atoms with Gasteiger partial charge >= 0.3 is 0 Å². The predicted molar refractivity (Wildman–Crippen MR) is 115 cm³/mol. The van der Waals surface area contributed by atoms with Crippen molar-refractivity contribution in [2.24, 2.45) is 0 Å². The van der Waals surface area contributed by atoms with E-state index in [0.29, 0.717) is 12.1 Å². The molecule has 0 radical (unpaired) electrons. The third-order valence-corrected chi connectivity index (χ3v) is 5.32. The van der Waals surface area contributed by atoms with Crippen LogP contribution in [0, 0.1) is 0 Å². The van der Waals surface area contributed by atoms with Crippen molar-refractivity contribution in [3.63, 3.8) is 0 Å². The molecule has 0 aliphatic carbocycles. The van der Waals surface area contributed by atoms with Gasteiger partial charge in [0.25, 0.3) is 0 Å². The van der Waals surface area contributed by atoms with Gasteiger partial charge in [0.15, 0.2) is 5.78 Å². The monoisotopic (exact) mass is 388 g/mol. The molecule has 0 aliphatic rings. The number of halogens is 1. The molecule has 0 aliphatic heterocycles. The Morgan fingerprint density at radius 1 is 0.929 bits per heavy atom. The van der Waals surface area contributed by atoms with Crippen molar-refractivity contribution >= 4 is 28.3 Å². The van der Waals surface area contributed by atoms with Gasteiger partial charge in [0.05, 0.1) is 6.04 Å². The average molecular weight is 389 g/mol. The molecule has 3 nitrogen and oxygen atoms in total. The van der Waals surface area contributed by atoms with Crippen LogP contribution in [0.4, 0.5) is 0 Å². The summed E-state index contributed by atoms with van der Waals surface area (Å²) >= 11 is 6.27. The van der Waals surface area contributed by atoms with Crippen molar-refractivity contribution in [2.45, 2.75) is 12.5 Å². The minimum atomic E-state index is -0.414. The van der Waals surface area contributed by atoms with E-state index in [1.165, 1.54) is 0 Å². The first-order valence-corrected chi connectivity index (χ1v) is 9.74. The summed E-state index contributed by atoms with van der Waals surface area (Å²) in [4.78, 5) is 16.6. The summed E-state index contributed by atoms with van der Waals surface area (Å²) in [5.74, 6) is 0.0582. The Morgan fingerprint density at radius 2 is 1.64 bits per heavy atom. The minimum absolute atomic E-state index is 0.0582. The van der Waals surface area contributed by atoms with Gasteiger partial charge in [-0.2, -0.15) is 0 Å². The summed E-state index contributed by atoms with van der Waals surface area (Å²) < 4.78 is 0. The van der Waals surface area contributed by atoms with Gasteiger partial charge in [-0.25, -0.2) is 0 Å². The van der Waals surface area contributed by atoms with Gasteiger partial charge in [-0.1, -0.05) is 78.3 Å². The Hall–Kier alpha value is -2.88. The SMILES string of the molecule is O=C(c1c[nH]c2ccccc12)[C@H](NCCc1ccccc1Cl)c1ccccc1. The van der Waals surface area contributed by atoms with E-state index < -0.39 is 6.04 Å². The average Bonchev–Trinajstić information content (AvgIpc) is 3.17. The zero-order valence-corrected chi connectivity index (χ0v) is 16.1. The van der Waals surface area contributed by atoms with E-state index in [1.807, 2.05) is 78.9 Å². The molecule has 0 saturated carbocycles. The molecule has 0 saturated heterocycles. The summed E-state index contributed by atoms with van der Waals surface area (Å²) in [5.41, 5.74) is 3.70. The molecule has 4 heteroatoms. The molecular weight excluding hydrogens is 368 g/mol. The summed E-state index contributed by atoms with van der Waals surface area (Å²) in [6, 6.07) is 25.1. The number of aromatic nitrogens is 1. The van der Waals surface area contributed by atoms with Crippen LogP contribution in [-0.4, -0.2) is 17.3 Å². The Labute approximate surface area is 169 Å². The van der Waals surface area contributed by atoms with E-state index >= 15 is 0 Å². The minimum Gasteiger partial charge on any atom is -0.360 e. The zero-order chi connectivity index (χ0) is 19.3. The number of H-pyrrole nitrogens is 1. The second-order valence-corrected chi connectivity index (χ2v) is 7.16. The molecule has 0 fully saturated rings. The summed E-state index contributed by atoms with van der Waals surface area (Å²) in [6.07, 6.45) is 2.56. The lowest BCUT2D eigenvalue weighted by Gasteiger charge is -2.18. The van der Waals surface area contributed by atoms with Crippen molar-refractivity contribution in [2.75, 3.05) is 6.54 Å². The number of aromatic amines is 1. The molecule has 140 valence electrons. The number of carbonyl (C=O) groups is 1. The number of rotatable bonds is 7. The van der Waals surface area contributed by atoms with Gasteiger partial charge in [0.1, 0.15) is 0 Å². The predicted octanol–water partition coefficient (Wildman–Crippen LogP) is 5.58. The fourth-order valence-corrected chi connectivity index (χ4v) is 3.72. The van der Waals surface area contributed by atoms with E-state index in [4.69, 9.17) is 11.6 Å². The molecular formula is C24H21ClN2O. The first-order valence-electron chi connectivity index (χ1n) is 9.36. The van der Waals surface area contributed by atoms with Crippen LogP contribution in [0.15, 0.2) is 85.1 Å². The number of benzene rings is 3. The molecule has 4 aromatic rings. The highest BCUT2D eigenvalue weighted by Gasteiger charge is 2.23. The Balaban J connectivity index is 1.59. The lowest BCUT2D eigenvalue weighted by atomic mass is 9.96. The summed E-state index contributed by atoms with van der Waals surface area (Å²) in [5, 5.41) is 5.14. The van der Waals surface area contributed by atoms with Crippen LogP contribution >= 0.6 is 11.6 Å². The molecule has 28 heavy (non-hydrogen) atoms. The largest absolute Gasteiger partial charge is 0.360 e. The molecule has 1 aromatic heterocycles. The van der Waals surface area contributed by atoms with Crippen LogP contribution in [0.3, 0.4) is 0 Å². The van der Waals surface area contributed by atoms with Gasteiger partial charge < -0.3 is 10.3 Å². The lowest BCUT2D eigenvalue weighted by molar-refractivity contribution is 0.0945. The topological polar surface area (TPSA) is 44.9 Å². The second-order valence-electron chi connectivity index (χ2n) is 6.75. The van der Waals surface area contributed by atoms with Crippen LogP contribution < -0.4 is 5.32 Å². The number of Topliss-reactive ketones (excluding diaryl/α,β-unsaturated/α-hetero) is 1. The van der Waals surface area contributed by atoms with Crippen LogP contribution in [0.25, 0.3) is 10.9 Å². The second kappa shape index (κ2) is 8.42. The normalized spacial score (nSPS) is 12.2. The molecule has 4 rings (SSSR count). The number of fused-ring (bicyclic) bond motifs is 1. The first kappa shape index (κ1) is 18.5. The highest BCUT2D eigenvalue weighted by Crippen LogP contribution is 2.25. The van der Waals surface area contributed by atoms with Crippen molar-refractivity contribution in [1.29, 1.82) is 0 Å². The quantitative estimate of drug-likeness (QED) is 0.406. The molecule has 0 bridgehead atoms. The zero-order valence-electron chi connectivity index (χ0n) is 15.4. The maximum Gasteiger partial charge on any atom is 0.186 e. The molecule has 0 spiro atoms. The smallest absolute Gasteiger partial charge is 0.186 e. The molecule has 3 aromatic carbocycles. The van der Waals surface area contributed by atoms with Crippen LogP contribution in [0.2, 0.25) is 5.02 Å². The fourth-order valence-electron chi connectivity index (χ4n) is 3.49. The van der Waals surface area contributed by atoms with Gasteiger partial charge in [-0.15, -0.1) is 0 Å². The van der Waals surface area contributed by atoms with E-state index in [9.17, 15) is 4.79 Å². The standard InChI is InChI=1S/C24H21ClN2O/c25-21-12-6-4-8-17(21)14-15-26-23(18-9-2-1-3-10-18)24(28)20-16-27-22-13-7-5-11-19(20)22/h1-13,16,23,26-27H,14-15H2/t23-/m1/s1. The molecule has 0 amide bonds. The Kier molecular flexibility index (Phi) is 5.56. The number of hydrogen-bond donors (Lipinski definition) is 2. The maximum absolute atomic E-state index is 13.4. The Bertz CT molecular complexity index is 1090. The van der Waals surface area contributed by atoms with Gasteiger partial charge in [0, 0.05) is 34.2 Å². The van der Waals surface area contributed by atoms with E-state index in [1.54, 1.807) is 6.20 Å². The number of nitrogens with one attached hydrogen (secondary N) is 2. The van der Waals surface area contributed by atoms with Crippen LogP contribution in [0.1, 0.15) is 27.5 Å². The van der Waals surface area contributed by atoms with Gasteiger partial charge in [-0.05, 0) is 29.7 Å². The van der Waals surface area contributed by atoms with Crippen molar-refractivity contribution in [1.82, 2.24) is 10.3 Å². The lowest BCUT2D eigenvalue weighted by Crippen LogP contribution is -2.30. The molecule has 0 unspecified atom stereocenters. The van der Waals surface area contributed by atoms with E-state index in [0.717, 1.165) is 33.5 Å². The Morgan fingerprint density at radius 3 is 2.46 bits per heavy atom. The third-order valence-electron chi connectivity index (χ3n) is 4.95. The van der Waals surface area contributed by atoms with E-state index in [-0.39, 0.29) is 5.78 Å². The number of ketones is 1. The van der Waals surface area contributed by atoms with Crippen molar-refractivity contribution in [3.05, 3.63) is 107 Å². The molecule has 1 heterocycles. The van der Waals surface area contributed by atoms with Crippen molar-refractivity contribution < 1.29 is 4.79 Å². The number of carbonyl (C=O) groups excluding carboxylic acids is 1. The van der Waals surface area contributed by atoms with Gasteiger partial charge in [0.2, 0.25) is 0 Å². The molecule has 1 atom stereocenters. The highest BCUT2D eigenvalue weighted by atomic mass is 35.5. The summed E-state index contributed by atoms with van der Waals surface area (Å²) in [7, 11) is 0. The molecule has 2 N–H and O–H groups in total. The van der Waals surface area contributed by atoms with Gasteiger partial charge in [-0.3, -0.25) is 4.79 Å². The number of para-hydroxylation sites is 1. The fraction of sp³-hybridized carbons (Fsp3) is 0.125. The number of hydrogen-bond acceptors (Lipinski definition) is 2.